The molecule has 5 aromatic rings. The minimum absolute atomic E-state index is 0.165. The molecule has 10 heteroatoms. The predicted octanol–water partition coefficient (Wildman–Crippen LogP) is 5.43. The maximum Gasteiger partial charge on any atom is 0.200 e. The Morgan fingerprint density at radius 2 is 1.84 bits per heavy atom. The zero-order chi connectivity index (χ0) is 30.0. The molecule has 0 N–H and O–H groups in total. The summed E-state index contributed by atoms with van der Waals surface area (Å²) >= 11 is 6.36. The summed E-state index contributed by atoms with van der Waals surface area (Å²) in [6.07, 6.45) is 7.35. The molecule has 2 aromatic heterocycles. The zero-order valence-electron chi connectivity index (χ0n) is 23.9. The lowest BCUT2D eigenvalue weighted by atomic mass is 9.84. The summed E-state index contributed by atoms with van der Waals surface area (Å²) in [4.78, 5) is 0. The van der Waals surface area contributed by atoms with Gasteiger partial charge in [-0.25, -0.2) is 4.31 Å². The van der Waals surface area contributed by atoms with Crippen molar-refractivity contribution in [3.8, 4) is 16.8 Å². The first kappa shape index (κ1) is 29.0. The van der Waals surface area contributed by atoms with E-state index >= 15 is 0 Å². The molecule has 1 aliphatic rings. The SMILES string of the molecule is C=S(C)(=O)N1CCC(c2cccc(C(Cc3ccccc3)c3ccc(-c4cc(Cl)ccc4-n4cnnn4)c[n+]3[O-])c2)CC1. The number of benzene rings is 3. The highest BCUT2D eigenvalue weighted by Crippen LogP contribution is 2.35. The van der Waals surface area contributed by atoms with E-state index in [0.717, 1.165) is 53.0 Å². The van der Waals surface area contributed by atoms with Crippen molar-refractivity contribution in [1.29, 1.82) is 0 Å². The molecule has 3 aromatic carbocycles. The maximum atomic E-state index is 13.8. The summed E-state index contributed by atoms with van der Waals surface area (Å²) in [5, 5.41) is 25.9. The Balaban J connectivity index is 1.36. The van der Waals surface area contributed by atoms with Crippen LogP contribution in [0.15, 0.2) is 97.5 Å². The molecular formula is C33H33ClN6O2S. The van der Waals surface area contributed by atoms with E-state index in [-0.39, 0.29) is 5.92 Å². The van der Waals surface area contributed by atoms with Gasteiger partial charge in [-0.05, 0) is 82.4 Å². The van der Waals surface area contributed by atoms with Crippen LogP contribution in [0.25, 0.3) is 16.8 Å². The molecule has 3 heterocycles. The fourth-order valence-corrected chi connectivity index (χ4v) is 7.14. The van der Waals surface area contributed by atoms with Gasteiger partial charge in [0.25, 0.3) is 0 Å². The molecule has 0 spiro atoms. The molecule has 1 fully saturated rings. The molecule has 6 rings (SSSR count). The van der Waals surface area contributed by atoms with Crippen LogP contribution in [0.4, 0.5) is 0 Å². The van der Waals surface area contributed by atoms with Gasteiger partial charge in [-0.1, -0.05) is 66.2 Å². The fraction of sp³-hybridized carbons (Fsp3) is 0.242. The van der Waals surface area contributed by atoms with Crippen LogP contribution in [0, 0.1) is 5.21 Å². The monoisotopic (exact) mass is 612 g/mol. The summed E-state index contributed by atoms with van der Waals surface area (Å²) in [7, 11) is -2.19. The Bertz CT molecular complexity index is 1820. The van der Waals surface area contributed by atoms with Gasteiger partial charge in [0.1, 0.15) is 6.33 Å². The lowest BCUT2D eigenvalue weighted by molar-refractivity contribution is -0.614. The van der Waals surface area contributed by atoms with Gasteiger partial charge in [-0.15, -0.1) is 5.10 Å². The van der Waals surface area contributed by atoms with Gasteiger partial charge in [-0.2, -0.15) is 9.41 Å². The number of tetrazole rings is 1. The van der Waals surface area contributed by atoms with Gasteiger partial charge in [0.2, 0.25) is 5.69 Å². The van der Waals surface area contributed by atoms with E-state index < -0.39 is 9.71 Å². The molecule has 0 bridgehead atoms. The molecule has 1 aliphatic heterocycles. The van der Waals surface area contributed by atoms with Gasteiger partial charge in [0.05, 0.1) is 11.6 Å². The van der Waals surface area contributed by atoms with Crippen molar-refractivity contribution >= 4 is 27.2 Å². The van der Waals surface area contributed by atoms with E-state index in [1.807, 2.05) is 46.8 Å². The van der Waals surface area contributed by atoms with Crippen molar-refractivity contribution in [1.82, 2.24) is 24.5 Å². The second kappa shape index (κ2) is 12.3. The standard InChI is InChI=1S/C33H33ClN6O2S/c1-43(2,42)38-17-15-25(16-18-38)26-9-6-10-27(20-26)30(19-24-7-4-3-5-8-24)33-13-11-28(22-40(33)41)31-21-29(34)12-14-32(31)39-23-35-36-37-39/h3-14,20-23,25,30H,1,15-19H2,2H3. The van der Waals surface area contributed by atoms with Gasteiger partial charge in [-0.3, -0.25) is 4.21 Å². The number of halogens is 1. The zero-order valence-corrected chi connectivity index (χ0v) is 25.5. The molecular weight excluding hydrogens is 580 g/mol. The Morgan fingerprint density at radius 3 is 2.53 bits per heavy atom. The summed E-state index contributed by atoms with van der Waals surface area (Å²) in [6, 6.07) is 28.2. The molecule has 0 aliphatic carbocycles. The van der Waals surface area contributed by atoms with Crippen molar-refractivity contribution in [2.75, 3.05) is 19.3 Å². The number of pyridine rings is 1. The Kier molecular flexibility index (Phi) is 8.30. The third kappa shape index (κ3) is 6.49. The average Bonchev–Trinajstić information content (AvgIpc) is 3.55. The van der Waals surface area contributed by atoms with Crippen LogP contribution in [0.5, 0.6) is 0 Å². The van der Waals surface area contributed by atoms with Crippen LogP contribution in [-0.2, 0) is 16.1 Å². The highest BCUT2D eigenvalue weighted by molar-refractivity contribution is 7.97. The van der Waals surface area contributed by atoms with E-state index in [0.29, 0.717) is 28.6 Å². The quantitative estimate of drug-likeness (QED) is 0.132. The number of hydrogen-bond acceptors (Lipinski definition) is 5. The first-order valence-corrected chi connectivity index (χ1v) is 16.7. The van der Waals surface area contributed by atoms with Crippen LogP contribution < -0.4 is 4.73 Å². The van der Waals surface area contributed by atoms with Crippen molar-refractivity contribution in [2.45, 2.75) is 31.1 Å². The second-order valence-corrected chi connectivity index (χ2v) is 14.0. The summed E-state index contributed by atoms with van der Waals surface area (Å²) in [5.74, 6) is 4.06. The van der Waals surface area contributed by atoms with Crippen molar-refractivity contribution in [3.05, 3.63) is 130 Å². The Labute approximate surface area is 257 Å². The number of piperidine rings is 1. The van der Waals surface area contributed by atoms with Gasteiger partial charge < -0.3 is 5.21 Å². The second-order valence-electron chi connectivity index (χ2n) is 11.2. The minimum atomic E-state index is -2.19. The Hall–Kier alpha value is -4.05. The number of hydrogen-bond donors (Lipinski definition) is 0. The summed E-state index contributed by atoms with van der Waals surface area (Å²) < 4.78 is 17.0. The van der Waals surface area contributed by atoms with Crippen molar-refractivity contribution < 1.29 is 8.94 Å². The lowest BCUT2D eigenvalue weighted by Gasteiger charge is -2.33. The number of nitrogens with zero attached hydrogens (tertiary/aromatic N) is 6. The van der Waals surface area contributed by atoms with E-state index in [2.05, 4.69) is 57.8 Å². The summed E-state index contributed by atoms with van der Waals surface area (Å²) in [6.45, 7) is 1.53. The van der Waals surface area contributed by atoms with E-state index in [9.17, 15) is 9.42 Å². The van der Waals surface area contributed by atoms with Crippen LogP contribution in [0.2, 0.25) is 5.02 Å². The first-order chi connectivity index (χ1) is 20.8. The summed E-state index contributed by atoms with van der Waals surface area (Å²) in [5.41, 5.74) is 6.34. The lowest BCUT2D eigenvalue weighted by Crippen LogP contribution is -2.37. The number of aromatic nitrogens is 5. The number of rotatable bonds is 8. The third-order valence-corrected chi connectivity index (χ3v) is 9.93. The smallest absolute Gasteiger partial charge is 0.200 e. The van der Waals surface area contributed by atoms with Crippen molar-refractivity contribution in [2.24, 2.45) is 0 Å². The average molecular weight is 613 g/mol. The van der Waals surface area contributed by atoms with E-state index in [1.165, 1.54) is 11.9 Å². The van der Waals surface area contributed by atoms with Crippen LogP contribution in [0.1, 0.15) is 47.1 Å². The molecule has 43 heavy (non-hydrogen) atoms. The largest absolute Gasteiger partial charge is 0.618 e. The molecule has 2 unspecified atom stereocenters. The molecule has 8 nitrogen and oxygen atoms in total. The van der Waals surface area contributed by atoms with Crippen LogP contribution in [-0.4, -0.2) is 53.9 Å². The van der Waals surface area contributed by atoms with Crippen LogP contribution in [0.3, 0.4) is 0 Å². The first-order valence-electron chi connectivity index (χ1n) is 14.2. The minimum Gasteiger partial charge on any atom is -0.618 e. The topological polar surface area (TPSA) is 90.9 Å². The van der Waals surface area contributed by atoms with Gasteiger partial charge >= 0.3 is 0 Å². The van der Waals surface area contributed by atoms with Gasteiger partial charge in [0.15, 0.2) is 6.20 Å². The van der Waals surface area contributed by atoms with E-state index in [4.69, 9.17) is 11.6 Å². The normalized spacial score (nSPS) is 16.5. The molecule has 1 saturated heterocycles. The molecule has 0 saturated carbocycles. The van der Waals surface area contributed by atoms with Gasteiger partial charge in [0, 0.05) is 51.3 Å². The maximum absolute atomic E-state index is 13.8. The molecule has 2 atom stereocenters. The molecule has 0 radical (unpaired) electrons. The Morgan fingerprint density at radius 1 is 1.05 bits per heavy atom. The predicted molar refractivity (Wildman–Crippen MR) is 172 cm³/mol. The highest BCUT2D eigenvalue weighted by Gasteiger charge is 2.27. The van der Waals surface area contributed by atoms with E-state index in [1.54, 1.807) is 23.2 Å². The molecule has 220 valence electrons. The third-order valence-electron chi connectivity index (χ3n) is 8.23. The molecule has 0 amide bonds. The van der Waals surface area contributed by atoms with Crippen molar-refractivity contribution in [3.63, 3.8) is 0 Å². The fourth-order valence-electron chi connectivity index (χ4n) is 5.98. The highest BCUT2D eigenvalue weighted by atomic mass is 35.5. The van der Waals surface area contributed by atoms with Crippen LogP contribution >= 0.6 is 11.6 Å².